The highest BCUT2D eigenvalue weighted by atomic mass is 16.3. The lowest BCUT2D eigenvalue weighted by atomic mass is 9.95. The maximum Gasteiger partial charge on any atom is 0.137 e. The Morgan fingerprint density at radius 3 is 1.96 bits per heavy atom. The fraction of sp³-hybridized carbons (Fsp3) is 0. The van der Waals surface area contributed by atoms with Crippen molar-refractivity contribution in [3.05, 3.63) is 176 Å². The fourth-order valence-corrected chi connectivity index (χ4v) is 6.82. The Hall–Kier alpha value is -6.12. The molecule has 0 N–H and O–H groups in total. The van der Waals surface area contributed by atoms with Crippen molar-refractivity contribution < 1.29 is 4.42 Å². The monoisotopic (exact) mass is 587 g/mol. The van der Waals surface area contributed by atoms with Gasteiger partial charge in [-0.1, -0.05) is 127 Å². The Labute approximate surface area is 267 Å². The zero-order valence-corrected chi connectivity index (χ0v) is 25.1. The topological polar surface area (TPSA) is 16.4 Å². The molecule has 9 aromatic rings. The second-order valence-electron chi connectivity index (χ2n) is 11.8. The molecule has 8 aromatic carbocycles. The van der Waals surface area contributed by atoms with E-state index in [1.54, 1.807) is 0 Å². The molecule has 0 spiro atoms. The Kier molecular flexibility index (Phi) is 6.17. The lowest BCUT2D eigenvalue weighted by Crippen LogP contribution is -2.11. The Morgan fingerprint density at radius 1 is 0.348 bits per heavy atom. The van der Waals surface area contributed by atoms with E-state index in [1.807, 2.05) is 12.1 Å². The number of furan rings is 1. The van der Waals surface area contributed by atoms with Crippen molar-refractivity contribution in [2.75, 3.05) is 4.90 Å². The number of fused-ring (bicyclic) bond motifs is 5. The Balaban J connectivity index is 1.28. The van der Waals surface area contributed by atoms with E-state index in [4.69, 9.17) is 4.42 Å². The van der Waals surface area contributed by atoms with E-state index in [9.17, 15) is 0 Å². The predicted molar refractivity (Wildman–Crippen MR) is 194 cm³/mol. The van der Waals surface area contributed by atoms with Crippen LogP contribution in [-0.4, -0.2) is 0 Å². The zero-order valence-electron chi connectivity index (χ0n) is 25.1. The normalized spacial score (nSPS) is 11.5. The molecule has 0 fully saturated rings. The fourth-order valence-electron chi connectivity index (χ4n) is 6.82. The van der Waals surface area contributed by atoms with E-state index >= 15 is 0 Å². The average Bonchev–Trinajstić information content (AvgIpc) is 3.50. The van der Waals surface area contributed by atoms with E-state index in [1.165, 1.54) is 38.2 Å². The van der Waals surface area contributed by atoms with Gasteiger partial charge in [0.25, 0.3) is 0 Å². The third-order valence-electron chi connectivity index (χ3n) is 9.03. The van der Waals surface area contributed by atoms with Gasteiger partial charge in [0, 0.05) is 33.8 Å². The highest BCUT2D eigenvalue weighted by Gasteiger charge is 2.19. The molecule has 0 radical (unpaired) electrons. The molecule has 0 aliphatic rings. The lowest BCUT2D eigenvalue weighted by Gasteiger charge is -2.28. The summed E-state index contributed by atoms with van der Waals surface area (Å²) < 4.78 is 6.39. The van der Waals surface area contributed by atoms with Gasteiger partial charge in [0.15, 0.2) is 0 Å². The van der Waals surface area contributed by atoms with Gasteiger partial charge >= 0.3 is 0 Å². The molecule has 0 atom stereocenters. The van der Waals surface area contributed by atoms with Crippen molar-refractivity contribution in [3.8, 4) is 22.3 Å². The summed E-state index contributed by atoms with van der Waals surface area (Å²) in [5, 5.41) is 7.15. The van der Waals surface area contributed by atoms with Gasteiger partial charge < -0.3 is 9.32 Å². The van der Waals surface area contributed by atoms with Crippen molar-refractivity contribution in [2.24, 2.45) is 0 Å². The summed E-state index contributed by atoms with van der Waals surface area (Å²) in [5.74, 6) is 0. The molecule has 0 amide bonds. The molecule has 1 aromatic heterocycles. The summed E-state index contributed by atoms with van der Waals surface area (Å²) in [5.41, 5.74) is 9.76. The standard InChI is InChI=1S/C44H29NO/c1-2-12-31(13-3-1)38-16-6-8-19-42(38)45(36-25-26-40-39-17-7-9-20-43(39)46-44(40)29-36)35-24-23-32-15-10-18-37(41(32)28-35)34-22-21-30-11-4-5-14-33(30)27-34/h1-29H. The van der Waals surface area contributed by atoms with Crippen molar-refractivity contribution in [1.82, 2.24) is 0 Å². The van der Waals surface area contributed by atoms with Crippen LogP contribution in [0.4, 0.5) is 17.1 Å². The number of hydrogen-bond acceptors (Lipinski definition) is 2. The number of hydrogen-bond donors (Lipinski definition) is 0. The van der Waals surface area contributed by atoms with Gasteiger partial charge in [0.05, 0.1) is 5.69 Å². The van der Waals surface area contributed by atoms with Crippen LogP contribution in [0.3, 0.4) is 0 Å². The highest BCUT2D eigenvalue weighted by molar-refractivity contribution is 6.07. The molecule has 0 saturated carbocycles. The van der Waals surface area contributed by atoms with Crippen molar-refractivity contribution >= 4 is 60.5 Å². The highest BCUT2D eigenvalue weighted by Crippen LogP contribution is 2.44. The summed E-state index contributed by atoms with van der Waals surface area (Å²) in [6, 6.07) is 62.8. The van der Waals surface area contributed by atoms with Crippen LogP contribution in [0, 0.1) is 0 Å². The summed E-state index contributed by atoms with van der Waals surface area (Å²) >= 11 is 0. The van der Waals surface area contributed by atoms with Gasteiger partial charge in [-0.05, 0) is 80.7 Å². The first-order valence-electron chi connectivity index (χ1n) is 15.7. The maximum absolute atomic E-state index is 6.39. The van der Waals surface area contributed by atoms with Crippen LogP contribution in [-0.2, 0) is 0 Å². The molecule has 2 heteroatoms. The number of nitrogens with zero attached hydrogens (tertiary/aromatic N) is 1. The largest absolute Gasteiger partial charge is 0.456 e. The summed E-state index contributed by atoms with van der Waals surface area (Å²) in [7, 11) is 0. The minimum absolute atomic E-state index is 0.874. The second kappa shape index (κ2) is 10.8. The lowest BCUT2D eigenvalue weighted by molar-refractivity contribution is 0.669. The number of para-hydroxylation sites is 2. The SMILES string of the molecule is c1ccc(-c2ccccc2N(c2ccc3c(c2)oc2ccccc23)c2ccc3cccc(-c4ccc5ccccc5c4)c3c2)cc1. The number of anilines is 3. The molecule has 0 saturated heterocycles. The van der Waals surface area contributed by atoms with E-state index in [-0.39, 0.29) is 0 Å². The zero-order chi connectivity index (χ0) is 30.5. The van der Waals surface area contributed by atoms with Crippen LogP contribution >= 0.6 is 0 Å². The molecule has 2 nitrogen and oxygen atoms in total. The van der Waals surface area contributed by atoms with Crippen LogP contribution in [0.1, 0.15) is 0 Å². The van der Waals surface area contributed by atoms with E-state index in [0.29, 0.717) is 0 Å². The smallest absolute Gasteiger partial charge is 0.137 e. The molecular weight excluding hydrogens is 558 g/mol. The molecule has 1 heterocycles. The Morgan fingerprint density at radius 2 is 1.02 bits per heavy atom. The minimum atomic E-state index is 0.874. The number of rotatable bonds is 5. The van der Waals surface area contributed by atoms with Crippen LogP contribution in [0.5, 0.6) is 0 Å². The van der Waals surface area contributed by atoms with Crippen molar-refractivity contribution in [3.63, 3.8) is 0 Å². The van der Waals surface area contributed by atoms with Gasteiger partial charge in [-0.15, -0.1) is 0 Å². The number of benzene rings is 8. The van der Waals surface area contributed by atoms with E-state index < -0.39 is 0 Å². The quantitative estimate of drug-likeness (QED) is 0.199. The molecular formula is C44H29NO. The first-order valence-corrected chi connectivity index (χ1v) is 15.7. The minimum Gasteiger partial charge on any atom is -0.456 e. The molecule has 0 bridgehead atoms. The Bertz CT molecular complexity index is 2540. The maximum atomic E-state index is 6.39. The van der Waals surface area contributed by atoms with Crippen LogP contribution < -0.4 is 4.90 Å². The molecule has 216 valence electrons. The van der Waals surface area contributed by atoms with Crippen LogP contribution in [0.15, 0.2) is 180 Å². The van der Waals surface area contributed by atoms with Crippen LogP contribution in [0.2, 0.25) is 0 Å². The van der Waals surface area contributed by atoms with Crippen LogP contribution in [0.25, 0.3) is 65.7 Å². The summed E-state index contributed by atoms with van der Waals surface area (Å²) in [6.07, 6.45) is 0. The summed E-state index contributed by atoms with van der Waals surface area (Å²) in [4.78, 5) is 2.37. The molecule has 0 unspecified atom stereocenters. The first-order chi connectivity index (χ1) is 22.8. The predicted octanol–water partition coefficient (Wildman–Crippen LogP) is 12.7. The van der Waals surface area contributed by atoms with Gasteiger partial charge in [-0.3, -0.25) is 0 Å². The van der Waals surface area contributed by atoms with Gasteiger partial charge in [0.2, 0.25) is 0 Å². The van der Waals surface area contributed by atoms with Gasteiger partial charge in [-0.25, -0.2) is 0 Å². The average molecular weight is 588 g/mol. The molecule has 0 aliphatic heterocycles. The third-order valence-corrected chi connectivity index (χ3v) is 9.03. The molecule has 9 rings (SSSR count). The molecule has 0 aliphatic carbocycles. The van der Waals surface area contributed by atoms with Crippen molar-refractivity contribution in [2.45, 2.75) is 0 Å². The van der Waals surface area contributed by atoms with E-state index in [2.05, 4.69) is 169 Å². The van der Waals surface area contributed by atoms with Gasteiger partial charge in [-0.2, -0.15) is 0 Å². The molecule has 46 heavy (non-hydrogen) atoms. The first kappa shape index (κ1) is 26.3. The summed E-state index contributed by atoms with van der Waals surface area (Å²) in [6.45, 7) is 0. The van der Waals surface area contributed by atoms with E-state index in [0.717, 1.165) is 44.6 Å². The van der Waals surface area contributed by atoms with Gasteiger partial charge in [0.1, 0.15) is 11.2 Å². The van der Waals surface area contributed by atoms with Crippen molar-refractivity contribution in [1.29, 1.82) is 0 Å². The second-order valence-corrected chi connectivity index (χ2v) is 11.8. The third kappa shape index (κ3) is 4.43.